The smallest absolute Gasteiger partial charge is 0.358 e. The van der Waals surface area contributed by atoms with Gasteiger partial charge in [0.05, 0.1) is 24.7 Å². The molecule has 0 bridgehead atoms. The summed E-state index contributed by atoms with van der Waals surface area (Å²) in [4.78, 5) is 20.0. The Morgan fingerprint density at radius 1 is 1.32 bits per heavy atom. The molecule has 25 heavy (non-hydrogen) atoms. The molecular formula is C21H28N2O2. The van der Waals surface area contributed by atoms with Gasteiger partial charge < -0.3 is 4.74 Å². The first-order chi connectivity index (χ1) is 11.8. The van der Waals surface area contributed by atoms with Gasteiger partial charge in [0.1, 0.15) is 0 Å². The van der Waals surface area contributed by atoms with Crippen molar-refractivity contribution in [1.29, 1.82) is 0 Å². The van der Waals surface area contributed by atoms with Gasteiger partial charge in [-0.3, -0.25) is 4.98 Å². The van der Waals surface area contributed by atoms with Crippen LogP contribution in [0.2, 0.25) is 0 Å². The van der Waals surface area contributed by atoms with Crippen molar-refractivity contribution >= 4 is 12.0 Å². The standard InChI is InChI=1S/C21H28N2O2/c1-6-25-20(24)19-14-22-17(13-23-19)12-15(2)9-10-18-16(3)8-7-11-21(18,4)5/h9-10,12-14H,6-8,11H2,1-5H3. The summed E-state index contributed by atoms with van der Waals surface area (Å²) in [7, 11) is 0. The van der Waals surface area contributed by atoms with Gasteiger partial charge in [0.2, 0.25) is 0 Å². The summed E-state index contributed by atoms with van der Waals surface area (Å²) >= 11 is 0. The molecule has 0 fully saturated rings. The van der Waals surface area contributed by atoms with Crippen molar-refractivity contribution in [2.45, 2.75) is 53.9 Å². The molecule has 0 amide bonds. The Hall–Kier alpha value is -2.23. The monoisotopic (exact) mass is 340 g/mol. The van der Waals surface area contributed by atoms with Crippen molar-refractivity contribution in [3.05, 3.63) is 52.7 Å². The van der Waals surface area contributed by atoms with Crippen LogP contribution in [0, 0.1) is 5.41 Å². The second-order valence-electron chi connectivity index (χ2n) is 7.20. The molecule has 4 heteroatoms. The lowest BCUT2D eigenvalue weighted by molar-refractivity contribution is 0.0519. The highest BCUT2D eigenvalue weighted by molar-refractivity contribution is 5.86. The van der Waals surface area contributed by atoms with Gasteiger partial charge in [0.15, 0.2) is 5.69 Å². The number of hydrogen-bond acceptors (Lipinski definition) is 4. The second-order valence-corrected chi connectivity index (χ2v) is 7.20. The molecule has 1 aromatic heterocycles. The number of nitrogens with zero attached hydrogens (tertiary/aromatic N) is 2. The van der Waals surface area contributed by atoms with E-state index < -0.39 is 5.97 Å². The average Bonchev–Trinajstić information content (AvgIpc) is 2.54. The molecule has 1 aliphatic rings. The van der Waals surface area contributed by atoms with E-state index in [2.05, 4.69) is 42.9 Å². The average molecular weight is 340 g/mol. The molecule has 1 heterocycles. The summed E-state index contributed by atoms with van der Waals surface area (Å²) in [5.74, 6) is -0.441. The Morgan fingerprint density at radius 2 is 2.08 bits per heavy atom. The van der Waals surface area contributed by atoms with E-state index in [4.69, 9.17) is 4.74 Å². The minimum atomic E-state index is -0.441. The predicted molar refractivity (Wildman–Crippen MR) is 101 cm³/mol. The molecule has 0 N–H and O–H groups in total. The molecule has 0 aromatic carbocycles. The fraction of sp³-hybridized carbons (Fsp3) is 0.476. The zero-order valence-electron chi connectivity index (χ0n) is 15.9. The number of allylic oxidation sites excluding steroid dienone is 5. The summed E-state index contributed by atoms with van der Waals surface area (Å²) < 4.78 is 4.91. The highest BCUT2D eigenvalue weighted by Gasteiger charge is 2.26. The lowest BCUT2D eigenvalue weighted by Crippen LogP contribution is -2.19. The number of aromatic nitrogens is 2. The van der Waals surface area contributed by atoms with Crippen LogP contribution in [0.4, 0.5) is 0 Å². The first-order valence-electron chi connectivity index (χ1n) is 8.89. The van der Waals surface area contributed by atoms with Gasteiger partial charge in [-0.25, -0.2) is 9.78 Å². The van der Waals surface area contributed by atoms with Crippen LogP contribution in [0.25, 0.3) is 6.08 Å². The maximum Gasteiger partial charge on any atom is 0.358 e. The third-order valence-corrected chi connectivity index (χ3v) is 4.59. The molecular weight excluding hydrogens is 312 g/mol. The Kier molecular flexibility index (Phi) is 6.29. The molecule has 2 rings (SSSR count). The van der Waals surface area contributed by atoms with Crippen LogP contribution in [-0.2, 0) is 4.74 Å². The van der Waals surface area contributed by atoms with E-state index in [9.17, 15) is 4.79 Å². The van der Waals surface area contributed by atoms with E-state index in [1.807, 2.05) is 13.0 Å². The van der Waals surface area contributed by atoms with Crippen molar-refractivity contribution < 1.29 is 9.53 Å². The lowest BCUT2D eigenvalue weighted by Gasteiger charge is -2.32. The van der Waals surface area contributed by atoms with Gasteiger partial charge in [-0.2, -0.15) is 0 Å². The first-order valence-corrected chi connectivity index (χ1v) is 8.89. The van der Waals surface area contributed by atoms with Crippen molar-refractivity contribution in [3.8, 4) is 0 Å². The van der Waals surface area contributed by atoms with E-state index in [1.54, 1.807) is 13.1 Å². The van der Waals surface area contributed by atoms with E-state index >= 15 is 0 Å². The number of ether oxygens (including phenoxy) is 1. The van der Waals surface area contributed by atoms with Crippen LogP contribution in [-0.4, -0.2) is 22.5 Å². The van der Waals surface area contributed by atoms with Gasteiger partial charge >= 0.3 is 5.97 Å². The zero-order chi connectivity index (χ0) is 18.4. The van der Waals surface area contributed by atoms with E-state index in [1.165, 1.54) is 36.6 Å². The second kappa shape index (κ2) is 8.24. The fourth-order valence-corrected chi connectivity index (χ4v) is 3.23. The Labute approximate surface area is 150 Å². The van der Waals surface area contributed by atoms with Crippen LogP contribution in [0.3, 0.4) is 0 Å². The van der Waals surface area contributed by atoms with E-state index in [-0.39, 0.29) is 11.1 Å². The Balaban J connectivity index is 2.12. The summed E-state index contributed by atoms with van der Waals surface area (Å²) in [6.45, 7) is 11.0. The minimum absolute atomic E-state index is 0.233. The third-order valence-electron chi connectivity index (χ3n) is 4.59. The first kappa shape index (κ1) is 19.1. The highest BCUT2D eigenvalue weighted by Crippen LogP contribution is 2.40. The van der Waals surface area contributed by atoms with Crippen molar-refractivity contribution in [2.24, 2.45) is 5.41 Å². The van der Waals surface area contributed by atoms with E-state index in [0.717, 1.165) is 11.3 Å². The number of esters is 1. The summed E-state index contributed by atoms with van der Waals surface area (Å²) in [5.41, 5.74) is 5.22. The van der Waals surface area contributed by atoms with Crippen molar-refractivity contribution in [2.75, 3.05) is 6.61 Å². The molecule has 0 atom stereocenters. The topological polar surface area (TPSA) is 52.1 Å². The molecule has 134 valence electrons. The van der Waals surface area contributed by atoms with Gasteiger partial charge in [-0.1, -0.05) is 31.6 Å². The van der Waals surface area contributed by atoms with Crippen LogP contribution < -0.4 is 0 Å². The van der Waals surface area contributed by atoms with Crippen LogP contribution >= 0.6 is 0 Å². The third kappa shape index (κ3) is 5.12. The number of rotatable bonds is 5. The van der Waals surface area contributed by atoms with E-state index in [0.29, 0.717) is 6.61 Å². The molecule has 0 saturated heterocycles. The van der Waals surface area contributed by atoms with Crippen LogP contribution in [0.5, 0.6) is 0 Å². The van der Waals surface area contributed by atoms with Crippen LogP contribution in [0.1, 0.15) is 70.1 Å². The molecule has 0 spiro atoms. The van der Waals surface area contributed by atoms with Gasteiger partial charge in [0, 0.05) is 0 Å². The van der Waals surface area contributed by atoms with Crippen LogP contribution in [0.15, 0.2) is 41.3 Å². The number of hydrogen-bond donors (Lipinski definition) is 0. The zero-order valence-corrected chi connectivity index (χ0v) is 15.9. The van der Waals surface area contributed by atoms with Gasteiger partial charge in [0.25, 0.3) is 0 Å². The molecule has 0 saturated carbocycles. The largest absolute Gasteiger partial charge is 0.461 e. The highest BCUT2D eigenvalue weighted by atomic mass is 16.5. The summed E-state index contributed by atoms with van der Waals surface area (Å²) in [6.07, 6.45) is 13.1. The van der Waals surface area contributed by atoms with Gasteiger partial charge in [-0.05, 0) is 62.7 Å². The Bertz CT molecular complexity index is 710. The van der Waals surface area contributed by atoms with Crippen molar-refractivity contribution in [1.82, 2.24) is 9.97 Å². The minimum Gasteiger partial charge on any atom is -0.461 e. The Morgan fingerprint density at radius 3 is 2.68 bits per heavy atom. The quantitative estimate of drug-likeness (QED) is 0.550. The molecule has 1 aromatic rings. The molecule has 0 unspecified atom stereocenters. The maximum absolute atomic E-state index is 11.6. The van der Waals surface area contributed by atoms with Gasteiger partial charge in [-0.15, -0.1) is 0 Å². The normalized spacial score (nSPS) is 17.9. The lowest BCUT2D eigenvalue weighted by atomic mass is 9.72. The predicted octanol–water partition coefficient (Wildman–Crippen LogP) is 5.14. The van der Waals surface area contributed by atoms with Crippen molar-refractivity contribution in [3.63, 3.8) is 0 Å². The summed E-state index contributed by atoms with van der Waals surface area (Å²) in [6, 6.07) is 0. The SMILES string of the molecule is CCOC(=O)c1cnc(C=C(C)C=CC2=C(C)CCCC2(C)C)cn1. The molecule has 0 radical (unpaired) electrons. The number of carbonyl (C=O) groups excluding carboxylic acids is 1. The fourth-order valence-electron chi connectivity index (χ4n) is 3.23. The molecule has 1 aliphatic carbocycles. The number of carbonyl (C=O) groups is 1. The molecule has 0 aliphatic heterocycles. The summed E-state index contributed by atoms with van der Waals surface area (Å²) in [5, 5.41) is 0. The molecule has 4 nitrogen and oxygen atoms in total. The maximum atomic E-state index is 11.6.